The van der Waals surface area contributed by atoms with Crippen molar-refractivity contribution in [2.24, 2.45) is 11.7 Å². The number of ether oxygens (including phenoxy) is 1. The first-order valence-electron chi connectivity index (χ1n) is 9.43. The van der Waals surface area contributed by atoms with Gasteiger partial charge in [0.05, 0.1) is 5.54 Å². The second kappa shape index (κ2) is 10.0. The van der Waals surface area contributed by atoms with Gasteiger partial charge in [-0.1, -0.05) is 6.07 Å². The number of nitrogens with two attached hydrogens (primary N) is 1. The van der Waals surface area contributed by atoms with Crippen LogP contribution in [0.15, 0.2) is 24.3 Å². The van der Waals surface area contributed by atoms with E-state index in [0.29, 0.717) is 51.4 Å². The summed E-state index contributed by atoms with van der Waals surface area (Å²) in [4.78, 5) is 26.7. The minimum absolute atomic E-state index is 0. The Bertz CT molecular complexity index is 685. The molecule has 0 aromatic heterocycles. The van der Waals surface area contributed by atoms with Gasteiger partial charge in [0, 0.05) is 38.5 Å². The van der Waals surface area contributed by atoms with E-state index < -0.39 is 11.4 Å². The van der Waals surface area contributed by atoms with E-state index in [1.165, 1.54) is 18.2 Å². The lowest BCUT2D eigenvalue weighted by molar-refractivity contribution is -0.142. The quantitative estimate of drug-likeness (QED) is 0.703. The minimum atomic E-state index is -0.831. The molecule has 3 rings (SSSR count). The summed E-state index contributed by atoms with van der Waals surface area (Å²) in [5, 5.41) is 5.42. The van der Waals surface area contributed by atoms with Gasteiger partial charge in [0.25, 0.3) is 0 Å². The van der Waals surface area contributed by atoms with Crippen LogP contribution in [-0.2, 0) is 9.53 Å². The molecule has 1 aromatic carbocycles. The number of carbonyl (C=O) groups excluding carboxylic acids is 2. The van der Waals surface area contributed by atoms with Crippen LogP contribution < -0.4 is 16.4 Å². The molecule has 1 aromatic rings. The molecule has 2 aliphatic heterocycles. The lowest BCUT2D eigenvalue weighted by Crippen LogP contribution is -2.60. The summed E-state index contributed by atoms with van der Waals surface area (Å²) < 4.78 is 18.5. The first kappa shape index (κ1) is 22.4. The van der Waals surface area contributed by atoms with E-state index in [0.717, 1.165) is 12.8 Å². The molecule has 0 spiro atoms. The lowest BCUT2D eigenvalue weighted by atomic mass is 9.88. The van der Waals surface area contributed by atoms with Crippen LogP contribution in [0.1, 0.15) is 25.7 Å². The summed E-state index contributed by atoms with van der Waals surface area (Å²) in [5.41, 5.74) is 5.89. The number of carbonyl (C=O) groups is 2. The van der Waals surface area contributed by atoms with Gasteiger partial charge in [0.2, 0.25) is 5.91 Å². The van der Waals surface area contributed by atoms with E-state index >= 15 is 0 Å². The molecule has 2 aliphatic rings. The van der Waals surface area contributed by atoms with Crippen molar-refractivity contribution in [3.63, 3.8) is 0 Å². The fourth-order valence-corrected chi connectivity index (χ4v) is 3.66. The number of nitrogens with one attached hydrogen (secondary N) is 2. The maximum Gasteiger partial charge on any atom is 0.319 e. The second-order valence-corrected chi connectivity index (χ2v) is 7.37. The predicted molar refractivity (Wildman–Crippen MR) is 107 cm³/mol. The number of amides is 3. The number of piperidine rings is 1. The Morgan fingerprint density at radius 3 is 2.79 bits per heavy atom. The van der Waals surface area contributed by atoms with Crippen molar-refractivity contribution >= 4 is 30.0 Å². The largest absolute Gasteiger partial charge is 0.381 e. The van der Waals surface area contributed by atoms with Crippen molar-refractivity contribution in [3.05, 3.63) is 30.1 Å². The fourth-order valence-electron chi connectivity index (χ4n) is 3.66. The molecule has 2 saturated heterocycles. The van der Waals surface area contributed by atoms with Gasteiger partial charge in [-0.25, -0.2) is 9.18 Å². The zero-order chi connectivity index (χ0) is 19.3. The number of hydrogen-bond acceptors (Lipinski definition) is 4. The van der Waals surface area contributed by atoms with Gasteiger partial charge >= 0.3 is 6.03 Å². The van der Waals surface area contributed by atoms with E-state index in [9.17, 15) is 14.0 Å². The molecule has 0 saturated carbocycles. The fraction of sp³-hybridized carbons (Fsp3) is 0.579. The topological polar surface area (TPSA) is 96.7 Å². The van der Waals surface area contributed by atoms with E-state index in [-0.39, 0.29) is 30.3 Å². The summed E-state index contributed by atoms with van der Waals surface area (Å²) >= 11 is 0. The van der Waals surface area contributed by atoms with Crippen LogP contribution in [-0.4, -0.2) is 55.2 Å². The Kier molecular flexibility index (Phi) is 8.03. The Labute approximate surface area is 170 Å². The average molecular weight is 415 g/mol. The van der Waals surface area contributed by atoms with Crippen LogP contribution in [0.25, 0.3) is 0 Å². The normalized spacial score (nSPS) is 21.4. The summed E-state index contributed by atoms with van der Waals surface area (Å²) in [6, 6.07) is 5.35. The number of likely N-dealkylation sites (tertiary alicyclic amines) is 1. The first-order chi connectivity index (χ1) is 13.0. The molecule has 4 N–H and O–H groups in total. The molecule has 9 heteroatoms. The van der Waals surface area contributed by atoms with Crippen molar-refractivity contribution in [2.75, 3.05) is 38.2 Å². The molecule has 0 aliphatic carbocycles. The Morgan fingerprint density at radius 1 is 1.32 bits per heavy atom. The number of benzene rings is 1. The number of urea groups is 1. The summed E-state index contributed by atoms with van der Waals surface area (Å²) in [6.45, 7) is 2.76. The molecule has 0 radical (unpaired) electrons. The standard InChI is InChI=1S/C19H27FN4O3.ClH/c20-15-4-1-5-16(11-15)23-18(26)22-12-14-3-2-8-24(13-14)17(25)19(21)6-9-27-10-7-19;/h1,4-5,11,14H,2-3,6-10,12-13,21H2,(H2,22,23,26);1H. The van der Waals surface area contributed by atoms with Crippen LogP contribution >= 0.6 is 12.4 Å². The highest BCUT2D eigenvalue weighted by atomic mass is 35.5. The summed E-state index contributed by atoms with van der Waals surface area (Å²) in [6.07, 6.45) is 2.91. The van der Waals surface area contributed by atoms with Gasteiger partial charge < -0.3 is 26.0 Å². The molecule has 3 amide bonds. The van der Waals surface area contributed by atoms with E-state index in [2.05, 4.69) is 10.6 Å². The minimum Gasteiger partial charge on any atom is -0.381 e. The van der Waals surface area contributed by atoms with Crippen LogP contribution in [0.2, 0.25) is 0 Å². The molecule has 2 heterocycles. The Morgan fingerprint density at radius 2 is 2.07 bits per heavy atom. The van der Waals surface area contributed by atoms with Gasteiger partial charge in [-0.05, 0) is 49.8 Å². The highest BCUT2D eigenvalue weighted by Crippen LogP contribution is 2.24. The van der Waals surface area contributed by atoms with Crippen LogP contribution in [0.5, 0.6) is 0 Å². The van der Waals surface area contributed by atoms with Gasteiger partial charge in [-0.3, -0.25) is 4.79 Å². The molecule has 0 bridgehead atoms. The van der Waals surface area contributed by atoms with Gasteiger partial charge in [-0.2, -0.15) is 0 Å². The number of halogens is 2. The molecular formula is C19H28ClFN4O3. The monoisotopic (exact) mass is 414 g/mol. The highest BCUT2D eigenvalue weighted by molar-refractivity contribution is 5.89. The van der Waals surface area contributed by atoms with Crippen LogP contribution in [0.4, 0.5) is 14.9 Å². The van der Waals surface area contributed by atoms with Gasteiger partial charge in [-0.15, -0.1) is 12.4 Å². The lowest BCUT2D eigenvalue weighted by Gasteiger charge is -2.40. The van der Waals surface area contributed by atoms with Gasteiger partial charge in [0.1, 0.15) is 5.82 Å². The zero-order valence-electron chi connectivity index (χ0n) is 15.8. The summed E-state index contributed by atoms with van der Waals surface area (Å²) in [7, 11) is 0. The third-order valence-electron chi connectivity index (χ3n) is 5.25. The average Bonchev–Trinajstić information content (AvgIpc) is 2.67. The van der Waals surface area contributed by atoms with Crippen LogP contribution in [0, 0.1) is 11.7 Å². The zero-order valence-corrected chi connectivity index (χ0v) is 16.6. The van der Waals surface area contributed by atoms with Gasteiger partial charge in [0.15, 0.2) is 0 Å². The number of nitrogens with zero attached hydrogens (tertiary/aromatic N) is 1. The third-order valence-corrected chi connectivity index (χ3v) is 5.25. The van der Waals surface area contributed by atoms with E-state index in [1.807, 2.05) is 4.90 Å². The number of hydrogen-bond donors (Lipinski definition) is 3. The smallest absolute Gasteiger partial charge is 0.319 e. The molecular weight excluding hydrogens is 387 g/mol. The third kappa shape index (κ3) is 5.80. The first-order valence-corrected chi connectivity index (χ1v) is 9.43. The molecule has 1 unspecified atom stereocenters. The van der Waals surface area contributed by atoms with Crippen molar-refractivity contribution in [2.45, 2.75) is 31.2 Å². The maximum atomic E-state index is 13.2. The van der Waals surface area contributed by atoms with Crippen molar-refractivity contribution in [1.29, 1.82) is 0 Å². The SMILES string of the molecule is Cl.NC1(C(=O)N2CCCC(CNC(=O)Nc3cccc(F)c3)C2)CCOCC1. The van der Waals surface area contributed by atoms with Crippen molar-refractivity contribution in [1.82, 2.24) is 10.2 Å². The molecule has 28 heavy (non-hydrogen) atoms. The Hall–Kier alpha value is -1.90. The Balaban J connectivity index is 0.00000280. The van der Waals surface area contributed by atoms with Crippen LogP contribution in [0.3, 0.4) is 0 Å². The number of anilines is 1. The second-order valence-electron chi connectivity index (χ2n) is 7.37. The van der Waals surface area contributed by atoms with E-state index in [4.69, 9.17) is 10.5 Å². The maximum absolute atomic E-state index is 13.2. The summed E-state index contributed by atoms with van der Waals surface area (Å²) in [5.74, 6) is -0.248. The molecule has 1 atom stereocenters. The highest BCUT2D eigenvalue weighted by Gasteiger charge is 2.40. The molecule has 156 valence electrons. The number of rotatable bonds is 4. The molecule has 2 fully saturated rings. The predicted octanol–water partition coefficient (Wildman–Crippen LogP) is 2.12. The van der Waals surface area contributed by atoms with E-state index in [1.54, 1.807) is 6.07 Å². The molecule has 7 nitrogen and oxygen atoms in total. The van der Waals surface area contributed by atoms with Crippen molar-refractivity contribution in [3.8, 4) is 0 Å². The van der Waals surface area contributed by atoms with Crippen molar-refractivity contribution < 1.29 is 18.7 Å².